The monoisotopic (exact) mass is 309 g/mol. The molecule has 0 amide bonds. The van der Waals surface area contributed by atoms with Crippen molar-refractivity contribution in [3.63, 3.8) is 0 Å². The molecule has 21 heavy (non-hydrogen) atoms. The molecule has 8 nitrogen and oxygen atoms in total. The van der Waals surface area contributed by atoms with Crippen molar-refractivity contribution in [1.29, 1.82) is 0 Å². The minimum atomic E-state index is -2.59. The van der Waals surface area contributed by atoms with Crippen LogP contribution in [0.3, 0.4) is 0 Å². The molecule has 0 aliphatic heterocycles. The van der Waals surface area contributed by atoms with Crippen molar-refractivity contribution in [1.82, 2.24) is 0 Å². The molecule has 0 aliphatic rings. The van der Waals surface area contributed by atoms with E-state index in [2.05, 4.69) is 9.50 Å². The summed E-state index contributed by atoms with van der Waals surface area (Å²) in [6.07, 6.45) is 0. The van der Waals surface area contributed by atoms with Gasteiger partial charge in [-0.05, 0) is 30.3 Å². The van der Waals surface area contributed by atoms with Gasteiger partial charge in [-0.1, -0.05) is 0 Å². The topological polar surface area (TPSA) is 128 Å². The van der Waals surface area contributed by atoms with Gasteiger partial charge in [-0.2, -0.15) is 4.21 Å². The summed E-state index contributed by atoms with van der Waals surface area (Å²) in [5.41, 5.74) is 6.86. The smallest absolute Gasteiger partial charge is 0.357 e. The number of nitrogens with zero attached hydrogens (tertiary/aromatic N) is 1. The van der Waals surface area contributed by atoms with Crippen LogP contribution in [0.25, 0.3) is 0 Å². The van der Waals surface area contributed by atoms with Crippen molar-refractivity contribution in [2.45, 2.75) is 0 Å². The van der Waals surface area contributed by atoms with Gasteiger partial charge in [-0.15, -0.1) is 0 Å². The largest absolute Gasteiger partial charge is 0.399 e. The van der Waals surface area contributed by atoms with Crippen LogP contribution in [0.4, 0.5) is 22.7 Å². The first-order valence-corrected chi connectivity index (χ1v) is 6.69. The maximum absolute atomic E-state index is 10.8. The molecule has 0 heterocycles. The minimum Gasteiger partial charge on any atom is -0.399 e. The van der Waals surface area contributed by atoms with Crippen molar-refractivity contribution in [2.24, 2.45) is 0 Å². The van der Waals surface area contributed by atoms with Gasteiger partial charge in [0, 0.05) is 17.4 Å². The minimum absolute atomic E-state index is 0.109. The normalized spacial score (nSPS) is 11.7. The standard InChI is InChI=1S/C12H11N3O5S/c13-8-1-3-9(4-2-8)14-11-6-5-10(15(16)17)7-12(11)20-21(18)19/h1-7,14H,13H2,(H,18,19). The SMILES string of the molecule is Nc1ccc(Nc2ccc([N+](=O)[O-])cc2OS(=O)O)cc1. The number of rotatable bonds is 5. The van der Waals surface area contributed by atoms with Gasteiger partial charge in [0.15, 0.2) is 5.75 Å². The van der Waals surface area contributed by atoms with E-state index >= 15 is 0 Å². The summed E-state index contributed by atoms with van der Waals surface area (Å²) in [5.74, 6) is -0.109. The summed E-state index contributed by atoms with van der Waals surface area (Å²) in [4.78, 5) is 10.1. The third-order valence-electron chi connectivity index (χ3n) is 2.53. The van der Waals surface area contributed by atoms with Crippen molar-refractivity contribution in [3.05, 3.63) is 52.6 Å². The first-order valence-electron chi connectivity index (χ1n) is 5.66. The van der Waals surface area contributed by atoms with E-state index in [0.29, 0.717) is 17.1 Å². The Balaban J connectivity index is 2.34. The number of benzene rings is 2. The molecule has 0 fully saturated rings. The molecule has 0 spiro atoms. The van der Waals surface area contributed by atoms with Crippen LogP contribution in [0.2, 0.25) is 0 Å². The van der Waals surface area contributed by atoms with Crippen LogP contribution >= 0.6 is 0 Å². The molecule has 0 saturated heterocycles. The molecular formula is C12H11N3O5S. The Labute approximate surface area is 122 Å². The van der Waals surface area contributed by atoms with Crippen molar-refractivity contribution in [3.8, 4) is 5.75 Å². The van der Waals surface area contributed by atoms with Gasteiger partial charge in [0.2, 0.25) is 0 Å². The molecule has 1 unspecified atom stereocenters. The van der Waals surface area contributed by atoms with Crippen LogP contribution < -0.4 is 15.2 Å². The zero-order valence-corrected chi connectivity index (χ0v) is 11.4. The Morgan fingerprint density at radius 1 is 1.24 bits per heavy atom. The van der Waals surface area contributed by atoms with Crippen molar-refractivity contribution >= 4 is 34.1 Å². The lowest BCUT2D eigenvalue weighted by Crippen LogP contribution is -2.02. The van der Waals surface area contributed by atoms with Gasteiger partial charge >= 0.3 is 11.4 Å². The Kier molecular flexibility index (Phi) is 4.36. The fourth-order valence-electron chi connectivity index (χ4n) is 1.60. The number of hydrogen-bond acceptors (Lipinski definition) is 6. The predicted molar refractivity (Wildman–Crippen MR) is 78.6 cm³/mol. The maximum Gasteiger partial charge on any atom is 0.357 e. The molecule has 2 aromatic rings. The first-order chi connectivity index (χ1) is 9.95. The highest BCUT2D eigenvalue weighted by atomic mass is 32.2. The molecule has 2 rings (SSSR count). The number of nitro groups is 1. The third kappa shape index (κ3) is 3.91. The Hall–Kier alpha value is -2.65. The number of nitrogen functional groups attached to an aromatic ring is 1. The second-order valence-corrected chi connectivity index (χ2v) is 4.59. The van der Waals surface area contributed by atoms with Gasteiger partial charge in [-0.25, -0.2) is 0 Å². The number of nitro benzene ring substituents is 1. The molecule has 2 aromatic carbocycles. The van der Waals surface area contributed by atoms with E-state index in [0.717, 1.165) is 6.07 Å². The Morgan fingerprint density at radius 2 is 1.90 bits per heavy atom. The second-order valence-electron chi connectivity index (χ2n) is 3.99. The predicted octanol–water partition coefficient (Wildman–Crippen LogP) is 2.44. The number of non-ortho nitro benzene ring substituents is 1. The highest BCUT2D eigenvalue weighted by Crippen LogP contribution is 2.32. The summed E-state index contributed by atoms with van der Waals surface area (Å²) in [6.45, 7) is 0. The van der Waals surface area contributed by atoms with E-state index in [1.165, 1.54) is 12.1 Å². The average Bonchev–Trinajstić information content (AvgIpc) is 2.42. The van der Waals surface area contributed by atoms with Crippen LogP contribution in [0.15, 0.2) is 42.5 Å². The zero-order chi connectivity index (χ0) is 15.4. The van der Waals surface area contributed by atoms with Gasteiger partial charge in [0.05, 0.1) is 16.7 Å². The molecule has 0 aliphatic carbocycles. The molecule has 110 valence electrons. The summed E-state index contributed by atoms with van der Waals surface area (Å²) >= 11 is -2.59. The van der Waals surface area contributed by atoms with Crippen molar-refractivity contribution in [2.75, 3.05) is 11.1 Å². The Bertz CT molecular complexity index is 690. The van der Waals surface area contributed by atoms with Crippen molar-refractivity contribution < 1.29 is 17.9 Å². The molecular weight excluding hydrogens is 298 g/mol. The lowest BCUT2D eigenvalue weighted by Gasteiger charge is -2.11. The number of nitrogens with two attached hydrogens (primary N) is 1. The Morgan fingerprint density at radius 3 is 2.48 bits per heavy atom. The molecule has 0 saturated carbocycles. The average molecular weight is 309 g/mol. The number of hydrogen-bond donors (Lipinski definition) is 3. The molecule has 0 bridgehead atoms. The molecule has 0 aromatic heterocycles. The third-order valence-corrected chi connectivity index (χ3v) is 2.85. The second kappa shape index (κ2) is 6.20. The van der Waals surface area contributed by atoms with Crippen LogP contribution in [0.1, 0.15) is 0 Å². The summed E-state index contributed by atoms with van der Waals surface area (Å²) in [5, 5.41) is 13.6. The molecule has 9 heteroatoms. The lowest BCUT2D eigenvalue weighted by atomic mass is 10.2. The number of nitrogens with one attached hydrogen (secondary N) is 1. The van der Waals surface area contributed by atoms with Gasteiger partial charge in [-0.3, -0.25) is 14.7 Å². The summed E-state index contributed by atoms with van der Waals surface area (Å²) in [6, 6.07) is 10.4. The van der Waals surface area contributed by atoms with Crippen LogP contribution in [-0.4, -0.2) is 13.7 Å². The van der Waals surface area contributed by atoms with Gasteiger partial charge in [0.1, 0.15) is 0 Å². The van der Waals surface area contributed by atoms with E-state index in [4.69, 9.17) is 10.3 Å². The van der Waals surface area contributed by atoms with E-state index in [9.17, 15) is 14.3 Å². The fraction of sp³-hybridized carbons (Fsp3) is 0. The number of anilines is 3. The van der Waals surface area contributed by atoms with E-state index in [1.807, 2.05) is 0 Å². The zero-order valence-electron chi connectivity index (χ0n) is 10.6. The van der Waals surface area contributed by atoms with Crippen LogP contribution in [-0.2, 0) is 11.4 Å². The van der Waals surface area contributed by atoms with Crippen LogP contribution in [0, 0.1) is 10.1 Å². The summed E-state index contributed by atoms with van der Waals surface area (Å²) < 4.78 is 24.2. The molecule has 1 atom stereocenters. The lowest BCUT2D eigenvalue weighted by molar-refractivity contribution is -0.384. The maximum atomic E-state index is 10.8. The van der Waals surface area contributed by atoms with Gasteiger partial charge < -0.3 is 15.2 Å². The highest BCUT2D eigenvalue weighted by Gasteiger charge is 2.14. The van der Waals surface area contributed by atoms with E-state index in [-0.39, 0.29) is 11.4 Å². The quantitative estimate of drug-likeness (QED) is 0.335. The molecule has 0 radical (unpaired) electrons. The summed E-state index contributed by atoms with van der Waals surface area (Å²) in [7, 11) is 0. The fourth-order valence-corrected chi connectivity index (χ4v) is 1.89. The molecule has 4 N–H and O–H groups in total. The van der Waals surface area contributed by atoms with E-state index < -0.39 is 16.3 Å². The van der Waals surface area contributed by atoms with Crippen LogP contribution in [0.5, 0.6) is 5.75 Å². The van der Waals surface area contributed by atoms with E-state index in [1.54, 1.807) is 24.3 Å². The van der Waals surface area contributed by atoms with Gasteiger partial charge in [0.25, 0.3) is 5.69 Å². The first kappa shape index (κ1) is 14.8. The highest BCUT2D eigenvalue weighted by molar-refractivity contribution is 7.74.